The Bertz CT molecular complexity index is 778. The van der Waals surface area contributed by atoms with Crippen molar-refractivity contribution in [2.24, 2.45) is 0 Å². The quantitative estimate of drug-likeness (QED) is 0.671. The van der Waals surface area contributed by atoms with E-state index in [1.54, 1.807) is 0 Å². The predicted molar refractivity (Wildman–Crippen MR) is 79.6 cm³/mol. The van der Waals surface area contributed by atoms with Crippen molar-refractivity contribution in [2.75, 3.05) is 0 Å². The summed E-state index contributed by atoms with van der Waals surface area (Å²) >= 11 is 1.25. The molecule has 3 rings (SSSR count). The van der Waals surface area contributed by atoms with Gasteiger partial charge in [-0.05, 0) is 16.3 Å². The van der Waals surface area contributed by atoms with Gasteiger partial charge in [0.1, 0.15) is 12.9 Å². The maximum Gasteiger partial charge on any atom is 0.406 e. The van der Waals surface area contributed by atoms with Gasteiger partial charge in [-0.25, -0.2) is 0 Å². The van der Waals surface area contributed by atoms with E-state index in [4.69, 9.17) is 0 Å². The lowest BCUT2D eigenvalue weighted by Gasteiger charge is -2.10. The molecule has 0 amide bonds. The monoisotopic (exact) mass is 323 g/mol. The topological polar surface area (TPSA) is 30.7 Å². The lowest BCUT2D eigenvalue weighted by atomic mass is 10.1. The molecule has 114 valence electrons. The number of alkyl halides is 3. The van der Waals surface area contributed by atoms with Crippen molar-refractivity contribution in [3.63, 3.8) is 0 Å². The Morgan fingerprint density at radius 2 is 1.82 bits per heavy atom. The van der Waals surface area contributed by atoms with Gasteiger partial charge in [0.2, 0.25) is 0 Å². The molecule has 0 saturated heterocycles. The minimum Gasteiger partial charge on any atom is -0.299 e. The summed E-state index contributed by atoms with van der Waals surface area (Å²) < 4.78 is 38.5. The van der Waals surface area contributed by atoms with Crippen molar-refractivity contribution >= 4 is 22.5 Å². The van der Waals surface area contributed by atoms with E-state index in [9.17, 15) is 13.2 Å². The molecule has 0 atom stereocenters. The number of aromatic nitrogens is 3. The highest BCUT2D eigenvalue weighted by Crippen LogP contribution is 2.27. The Morgan fingerprint density at radius 3 is 2.64 bits per heavy atom. The Morgan fingerprint density at radius 1 is 1.05 bits per heavy atom. The van der Waals surface area contributed by atoms with E-state index in [0.717, 1.165) is 27.2 Å². The van der Waals surface area contributed by atoms with Gasteiger partial charge in [-0.3, -0.25) is 4.57 Å². The number of rotatable bonds is 4. The third-order valence-corrected chi connectivity index (χ3v) is 4.20. The molecule has 0 N–H and O–H groups in total. The Balaban J connectivity index is 1.79. The van der Waals surface area contributed by atoms with Crippen molar-refractivity contribution in [3.05, 3.63) is 54.4 Å². The summed E-state index contributed by atoms with van der Waals surface area (Å²) in [6.07, 6.45) is -3.17. The molecule has 0 aliphatic rings. The van der Waals surface area contributed by atoms with E-state index >= 15 is 0 Å². The molecule has 7 heteroatoms. The molecule has 0 saturated carbocycles. The van der Waals surface area contributed by atoms with Gasteiger partial charge in [0.15, 0.2) is 5.16 Å². The molecule has 1 heterocycles. The summed E-state index contributed by atoms with van der Waals surface area (Å²) in [6.45, 7) is -1.07. The summed E-state index contributed by atoms with van der Waals surface area (Å²) in [5, 5.41) is 9.82. The van der Waals surface area contributed by atoms with Crippen LogP contribution in [0.4, 0.5) is 13.2 Å². The second kappa shape index (κ2) is 6.00. The second-order valence-electron chi connectivity index (χ2n) is 4.78. The standard InChI is InChI=1S/C15H12F3N3S/c16-15(17,18)9-21-10-19-20-14(21)22-8-12-6-3-5-11-4-1-2-7-13(11)12/h1-7,10H,8-9H2. The fourth-order valence-corrected chi connectivity index (χ4v) is 3.14. The van der Waals surface area contributed by atoms with Crippen LogP contribution >= 0.6 is 11.8 Å². The van der Waals surface area contributed by atoms with Gasteiger partial charge in [-0.1, -0.05) is 54.2 Å². The summed E-state index contributed by atoms with van der Waals surface area (Å²) in [5.74, 6) is 0.540. The van der Waals surface area contributed by atoms with Crippen LogP contribution in [0.2, 0.25) is 0 Å². The summed E-state index contributed by atoms with van der Waals surface area (Å²) in [7, 11) is 0. The minimum atomic E-state index is -4.28. The summed E-state index contributed by atoms with van der Waals surface area (Å²) in [5.41, 5.74) is 1.06. The zero-order valence-electron chi connectivity index (χ0n) is 11.4. The number of benzene rings is 2. The van der Waals surface area contributed by atoms with E-state index in [1.165, 1.54) is 11.8 Å². The van der Waals surface area contributed by atoms with Gasteiger partial charge in [-0.15, -0.1) is 10.2 Å². The Labute approximate surface area is 129 Å². The minimum absolute atomic E-state index is 0.269. The van der Waals surface area contributed by atoms with E-state index < -0.39 is 12.7 Å². The number of nitrogens with zero attached hydrogens (tertiary/aromatic N) is 3. The molecule has 0 radical (unpaired) electrons. The molecule has 0 spiro atoms. The van der Waals surface area contributed by atoms with Crippen LogP contribution in [0.1, 0.15) is 5.56 Å². The van der Waals surface area contributed by atoms with Crippen LogP contribution in [0.25, 0.3) is 10.8 Å². The van der Waals surface area contributed by atoms with Gasteiger partial charge in [-0.2, -0.15) is 13.2 Å². The Kier molecular flexibility index (Phi) is 4.06. The molecule has 2 aromatic carbocycles. The van der Waals surface area contributed by atoms with Gasteiger partial charge < -0.3 is 0 Å². The molecule has 22 heavy (non-hydrogen) atoms. The molecule has 0 aliphatic carbocycles. The molecule has 1 aromatic heterocycles. The van der Waals surface area contributed by atoms with E-state index in [-0.39, 0.29) is 5.16 Å². The molecular weight excluding hydrogens is 311 g/mol. The molecule has 0 bridgehead atoms. The van der Waals surface area contributed by atoms with Crippen LogP contribution in [-0.2, 0) is 12.3 Å². The number of fused-ring (bicyclic) bond motifs is 1. The number of hydrogen-bond donors (Lipinski definition) is 0. The highest BCUT2D eigenvalue weighted by atomic mass is 32.2. The molecule has 0 aliphatic heterocycles. The van der Waals surface area contributed by atoms with Gasteiger partial charge >= 0.3 is 6.18 Å². The molecule has 3 aromatic rings. The first-order valence-corrected chi connectivity index (χ1v) is 7.55. The van der Waals surface area contributed by atoms with E-state index in [0.29, 0.717) is 5.75 Å². The van der Waals surface area contributed by atoms with Crippen LogP contribution in [-0.4, -0.2) is 20.9 Å². The predicted octanol–water partition coefficient (Wildman–Crippen LogP) is 4.29. The number of thioether (sulfide) groups is 1. The first kappa shape index (κ1) is 14.9. The van der Waals surface area contributed by atoms with Gasteiger partial charge in [0.25, 0.3) is 0 Å². The highest BCUT2D eigenvalue weighted by molar-refractivity contribution is 7.98. The van der Waals surface area contributed by atoms with Crippen molar-refractivity contribution in [1.82, 2.24) is 14.8 Å². The lowest BCUT2D eigenvalue weighted by Crippen LogP contribution is -2.17. The fraction of sp³-hybridized carbons (Fsp3) is 0.200. The maximum atomic E-state index is 12.5. The van der Waals surface area contributed by atoms with Crippen molar-refractivity contribution in [1.29, 1.82) is 0 Å². The number of hydrogen-bond acceptors (Lipinski definition) is 3. The summed E-state index contributed by atoms with van der Waals surface area (Å²) in [4.78, 5) is 0. The van der Waals surface area contributed by atoms with Crippen molar-refractivity contribution < 1.29 is 13.2 Å². The molecular formula is C15H12F3N3S. The molecule has 0 fully saturated rings. The lowest BCUT2D eigenvalue weighted by molar-refractivity contribution is -0.142. The van der Waals surface area contributed by atoms with E-state index in [2.05, 4.69) is 10.2 Å². The maximum absolute atomic E-state index is 12.5. The molecule has 3 nitrogen and oxygen atoms in total. The van der Waals surface area contributed by atoms with Crippen LogP contribution in [0, 0.1) is 0 Å². The average molecular weight is 323 g/mol. The fourth-order valence-electron chi connectivity index (χ4n) is 2.22. The van der Waals surface area contributed by atoms with Gasteiger partial charge in [0, 0.05) is 5.75 Å². The highest BCUT2D eigenvalue weighted by Gasteiger charge is 2.29. The van der Waals surface area contributed by atoms with Crippen LogP contribution in [0.15, 0.2) is 53.9 Å². The van der Waals surface area contributed by atoms with Gasteiger partial charge in [0.05, 0.1) is 0 Å². The number of halogens is 3. The molecule has 0 unspecified atom stereocenters. The normalized spacial score (nSPS) is 12.0. The first-order chi connectivity index (χ1) is 10.5. The third-order valence-electron chi connectivity index (χ3n) is 3.17. The van der Waals surface area contributed by atoms with Crippen LogP contribution < -0.4 is 0 Å². The van der Waals surface area contributed by atoms with Crippen LogP contribution in [0.5, 0.6) is 0 Å². The SMILES string of the molecule is FC(F)(F)Cn1cnnc1SCc1cccc2ccccc12. The average Bonchev–Trinajstić information content (AvgIpc) is 2.90. The largest absolute Gasteiger partial charge is 0.406 e. The van der Waals surface area contributed by atoms with E-state index in [1.807, 2.05) is 42.5 Å². The van der Waals surface area contributed by atoms with Crippen molar-refractivity contribution in [2.45, 2.75) is 23.6 Å². The van der Waals surface area contributed by atoms with Crippen molar-refractivity contribution in [3.8, 4) is 0 Å². The smallest absolute Gasteiger partial charge is 0.299 e. The Hall–Kier alpha value is -2.02. The second-order valence-corrected chi connectivity index (χ2v) is 5.73. The zero-order chi connectivity index (χ0) is 15.6. The van der Waals surface area contributed by atoms with Crippen LogP contribution in [0.3, 0.4) is 0 Å². The summed E-state index contributed by atoms with van der Waals surface area (Å²) in [6, 6.07) is 13.8. The first-order valence-electron chi connectivity index (χ1n) is 6.57. The zero-order valence-corrected chi connectivity index (χ0v) is 12.2. The third kappa shape index (κ3) is 3.41.